The van der Waals surface area contributed by atoms with Crippen molar-refractivity contribution in [3.63, 3.8) is 0 Å². The molecule has 132 valence electrons. The van der Waals surface area contributed by atoms with Gasteiger partial charge in [-0.15, -0.1) is 10.2 Å². The standard InChI is InChI=1S/C20H26N4O/c1-4-23-13-21-22-18(23)17-11-24(12-20(17)6-5-7-20)19(25)16-9-14(2)8-15(3)10-16/h8-10,13,17H,4-7,11-12H2,1-3H3. The van der Waals surface area contributed by atoms with Gasteiger partial charge in [0.15, 0.2) is 0 Å². The molecule has 1 atom stereocenters. The average Bonchev–Trinajstić information content (AvgIpc) is 3.16. The van der Waals surface area contributed by atoms with Crippen LogP contribution in [0.1, 0.15) is 59.4 Å². The second kappa shape index (κ2) is 5.97. The molecule has 2 aromatic rings. The summed E-state index contributed by atoms with van der Waals surface area (Å²) < 4.78 is 2.13. The molecule has 1 saturated heterocycles. The summed E-state index contributed by atoms with van der Waals surface area (Å²) in [6, 6.07) is 6.12. The summed E-state index contributed by atoms with van der Waals surface area (Å²) in [6.07, 6.45) is 5.44. The Labute approximate surface area is 149 Å². The minimum absolute atomic E-state index is 0.156. The van der Waals surface area contributed by atoms with Gasteiger partial charge in [-0.1, -0.05) is 23.6 Å². The summed E-state index contributed by atoms with van der Waals surface area (Å²) in [5, 5.41) is 8.54. The van der Waals surface area contributed by atoms with Crippen molar-refractivity contribution in [2.24, 2.45) is 5.41 Å². The smallest absolute Gasteiger partial charge is 0.253 e. The number of hydrogen-bond donors (Lipinski definition) is 0. The summed E-state index contributed by atoms with van der Waals surface area (Å²) in [5.41, 5.74) is 3.30. The molecule has 0 N–H and O–H groups in total. The third kappa shape index (κ3) is 2.66. The van der Waals surface area contributed by atoms with E-state index in [1.807, 2.05) is 37.2 Å². The minimum atomic E-state index is 0.156. The summed E-state index contributed by atoms with van der Waals surface area (Å²) in [5.74, 6) is 1.51. The Bertz CT molecular complexity index is 786. The number of amides is 1. The molecular formula is C20H26N4O. The average molecular weight is 338 g/mol. The van der Waals surface area contributed by atoms with Crippen LogP contribution >= 0.6 is 0 Å². The third-order valence-corrected chi connectivity index (χ3v) is 6.05. The molecule has 25 heavy (non-hydrogen) atoms. The molecule has 1 aromatic carbocycles. The van der Waals surface area contributed by atoms with Gasteiger partial charge in [-0.3, -0.25) is 4.79 Å². The maximum atomic E-state index is 13.1. The van der Waals surface area contributed by atoms with Crippen LogP contribution in [0.4, 0.5) is 0 Å². The first kappa shape index (κ1) is 16.3. The van der Waals surface area contributed by atoms with Crippen molar-refractivity contribution in [3.8, 4) is 0 Å². The maximum Gasteiger partial charge on any atom is 0.253 e. The lowest BCUT2D eigenvalue weighted by Crippen LogP contribution is -2.38. The molecule has 2 fully saturated rings. The van der Waals surface area contributed by atoms with Gasteiger partial charge in [-0.2, -0.15) is 0 Å². The predicted molar refractivity (Wildman–Crippen MR) is 96.5 cm³/mol. The SMILES string of the molecule is CCn1cnnc1C1CN(C(=O)c2cc(C)cc(C)c2)CC12CCC2. The highest BCUT2D eigenvalue weighted by atomic mass is 16.2. The molecule has 4 rings (SSSR count). The first-order chi connectivity index (χ1) is 12.0. The van der Waals surface area contributed by atoms with Crippen LogP contribution in [0, 0.1) is 19.3 Å². The number of carbonyl (C=O) groups excluding carboxylic acids is 1. The molecule has 5 heteroatoms. The molecule has 5 nitrogen and oxygen atoms in total. The number of benzene rings is 1. The lowest BCUT2D eigenvalue weighted by Gasteiger charge is -2.42. The zero-order valence-electron chi connectivity index (χ0n) is 15.3. The van der Waals surface area contributed by atoms with E-state index in [9.17, 15) is 4.79 Å². The lowest BCUT2D eigenvalue weighted by molar-refractivity contribution is 0.0723. The number of rotatable bonds is 3. The Balaban J connectivity index is 1.64. The molecule has 1 saturated carbocycles. The zero-order valence-corrected chi connectivity index (χ0v) is 15.3. The monoisotopic (exact) mass is 338 g/mol. The molecule has 0 bridgehead atoms. The van der Waals surface area contributed by atoms with Gasteiger partial charge in [0, 0.05) is 31.1 Å². The van der Waals surface area contributed by atoms with Crippen LogP contribution in [0.5, 0.6) is 0 Å². The van der Waals surface area contributed by atoms with Crippen LogP contribution in [0.15, 0.2) is 24.5 Å². The molecule has 0 radical (unpaired) electrons. The van der Waals surface area contributed by atoms with Crippen LogP contribution in [-0.2, 0) is 6.54 Å². The van der Waals surface area contributed by atoms with Crippen molar-refractivity contribution < 1.29 is 4.79 Å². The van der Waals surface area contributed by atoms with Gasteiger partial charge < -0.3 is 9.47 Å². The van der Waals surface area contributed by atoms with Crippen LogP contribution in [-0.4, -0.2) is 38.7 Å². The van der Waals surface area contributed by atoms with Gasteiger partial charge in [-0.25, -0.2) is 0 Å². The van der Waals surface area contributed by atoms with Crippen LogP contribution in [0.3, 0.4) is 0 Å². The molecule has 1 unspecified atom stereocenters. The van der Waals surface area contributed by atoms with Gasteiger partial charge in [0.1, 0.15) is 12.2 Å². The molecule has 1 aromatic heterocycles. The molecular weight excluding hydrogens is 312 g/mol. The summed E-state index contributed by atoms with van der Waals surface area (Å²) in [7, 11) is 0. The van der Waals surface area contributed by atoms with Gasteiger partial charge in [0.2, 0.25) is 0 Å². The topological polar surface area (TPSA) is 51.0 Å². The second-order valence-electron chi connectivity index (χ2n) is 7.81. The highest BCUT2D eigenvalue weighted by Crippen LogP contribution is 2.55. The van der Waals surface area contributed by atoms with Crippen LogP contribution in [0.25, 0.3) is 0 Å². The largest absolute Gasteiger partial charge is 0.337 e. The summed E-state index contributed by atoms with van der Waals surface area (Å²) >= 11 is 0. The van der Waals surface area contributed by atoms with E-state index in [0.717, 1.165) is 42.1 Å². The van der Waals surface area contributed by atoms with Gasteiger partial charge in [-0.05, 0) is 51.2 Å². The van der Waals surface area contributed by atoms with E-state index in [4.69, 9.17) is 0 Å². The fourth-order valence-electron chi connectivity index (χ4n) is 4.67. The number of aromatic nitrogens is 3. The van der Waals surface area contributed by atoms with E-state index in [-0.39, 0.29) is 11.3 Å². The Morgan fingerprint density at radius 1 is 1.24 bits per heavy atom. The van der Waals surface area contributed by atoms with Crippen molar-refractivity contribution in [2.45, 2.75) is 52.5 Å². The maximum absolute atomic E-state index is 13.1. The number of hydrogen-bond acceptors (Lipinski definition) is 3. The molecule has 1 amide bonds. The van der Waals surface area contributed by atoms with Crippen molar-refractivity contribution >= 4 is 5.91 Å². The number of aryl methyl sites for hydroxylation is 3. The first-order valence-electron chi connectivity index (χ1n) is 9.28. The molecule has 1 aliphatic heterocycles. The fraction of sp³-hybridized carbons (Fsp3) is 0.550. The number of carbonyl (C=O) groups is 1. The first-order valence-corrected chi connectivity index (χ1v) is 9.28. The predicted octanol–water partition coefficient (Wildman–Crippen LogP) is 3.32. The second-order valence-corrected chi connectivity index (χ2v) is 7.81. The third-order valence-electron chi connectivity index (χ3n) is 6.05. The van der Waals surface area contributed by atoms with E-state index in [2.05, 4.69) is 27.8 Å². The lowest BCUT2D eigenvalue weighted by atomic mass is 9.62. The molecule has 1 spiro atoms. The van der Waals surface area contributed by atoms with Gasteiger partial charge in [0.25, 0.3) is 5.91 Å². The van der Waals surface area contributed by atoms with Gasteiger partial charge >= 0.3 is 0 Å². The van der Waals surface area contributed by atoms with Crippen LogP contribution < -0.4 is 0 Å². The van der Waals surface area contributed by atoms with E-state index < -0.39 is 0 Å². The minimum Gasteiger partial charge on any atom is -0.337 e. The fourth-order valence-corrected chi connectivity index (χ4v) is 4.67. The molecule has 2 heterocycles. The van der Waals surface area contributed by atoms with Crippen molar-refractivity contribution in [2.75, 3.05) is 13.1 Å². The number of likely N-dealkylation sites (tertiary alicyclic amines) is 1. The number of nitrogens with zero attached hydrogens (tertiary/aromatic N) is 4. The van der Waals surface area contributed by atoms with E-state index in [1.54, 1.807) is 0 Å². The zero-order chi connectivity index (χ0) is 17.6. The van der Waals surface area contributed by atoms with E-state index >= 15 is 0 Å². The summed E-state index contributed by atoms with van der Waals surface area (Å²) in [4.78, 5) is 15.2. The molecule has 2 aliphatic rings. The highest BCUT2D eigenvalue weighted by Gasteiger charge is 2.53. The Hall–Kier alpha value is -2.17. The van der Waals surface area contributed by atoms with Crippen molar-refractivity contribution in [1.29, 1.82) is 0 Å². The normalized spacial score (nSPS) is 21.6. The highest BCUT2D eigenvalue weighted by molar-refractivity contribution is 5.95. The van der Waals surface area contributed by atoms with Crippen LogP contribution in [0.2, 0.25) is 0 Å². The van der Waals surface area contributed by atoms with Gasteiger partial charge in [0.05, 0.1) is 0 Å². The van der Waals surface area contributed by atoms with Crippen molar-refractivity contribution in [3.05, 3.63) is 47.0 Å². The Morgan fingerprint density at radius 2 is 1.96 bits per heavy atom. The quantitative estimate of drug-likeness (QED) is 0.862. The summed E-state index contributed by atoms with van der Waals surface area (Å²) in [6.45, 7) is 8.69. The van der Waals surface area contributed by atoms with E-state index in [0.29, 0.717) is 5.92 Å². The van der Waals surface area contributed by atoms with E-state index in [1.165, 1.54) is 19.3 Å². The van der Waals surface area contributed by atoms with Crippen molar-refractivity contribution in [1.82, 2.24) is 19.7 Å². The Morgan fingerprint density at radius 3 is 2.56 bits per heavy atom. The molecule has 1 aliphatic carbocycles. The Kier molecular flexibility index (Phi) is 3.89.